The predicted octanol–water partition coefficient (Wildman–Crippen LogP) is 7.90. The molecule has 2 atom stereocenters. The van der Waals surface area contributed by atoms with Gasteiger partial charge in [0.05, 0.1) is 13.0 Å². The van der Waals surface area contributed by atoms with Crippen molar-refractivity contribution in [3.8, 4) is 0 Å². The molecule has 2 rings (SSSR count). The molecule has 1 fully saturated rings. The summed E-state index contributed by atoms with van der Waals surface area (Å²) in [5.41, 5.74) is -2.77. The summed E-state index contributed by atoms with van der Waals surface area (Å²) in [4.78, 5) is 78.7. The summed E-state index contributed by atoms with van der Waals surface area (Å²) in [7, 11) is 0. The summed E-state index contributed by atoms with van der Waals surface area (Å²) in [6, 6.07) is 8.17. The molecule has 1 N–H and O–H groups in total. The maximum atomic E-state index is 14.2. The second-order valence-electron chi connectivity index (χ2n) is 13.8. The number of ether oxygens (including phenoxy) is 2. The van der Waals surface area contributed by atoms with E-state index in [0.717, 1.165) is 19.3 Å². The number of β-lactam (4-membered cyclic amide) rings is 2. The molecule has 0 saturated carbocycles. The quantitative estimate of drug-likeness (QED) is 0.0287. The highest BCUT2D eigenvalue weighted by Gasteiger charge is 2.70. The fraction of sp³-hybridized carbons (Fsp3) is 0.684. The lowest BCUT2D eigenvalue weighted by Crippen LogP contribution is -2.77. The molecular weight excluding hydrogens is 648 g/mol. The van der Waals surface area contributed by atoms with Crippen LogP contribution in [0.25, 0.3) is 0 Å². The standard InChI is InChI=1S/C38H57ClN2O8/c1-7-10-11-12-13-14-15-16-17-21-26-48-31(43)28(4)49-30(42)27-36(5,6)32(44)38(39,33(45)40-29-22-19-18-20-23-29)41-34(46)37(24-8-2,25-9-3)35(41)47/h18-20,22-23,28H,7-17,21,24-27H2,1-6H3,(H,40,45). The van der Waals surface area contributed by atoms with Crippen molar-refractivity contribution in [3.63, 3.8) is 0 Å². The zero-order valence-electron chi connectivity index (χ0n) is 30.4. The number of hydrogen-bond donors (Lipinski definition) is 1. The number of likely N-dealkylation sites (tertiary alicyclic amines) is 1. The van der Waals surface area contributed by atoms with Crippen LogP contribution in [0.1, 0.15) is 138 Å². The van der Waals surface area contributed by atoms with Gasteiger partial charge in [-0.05, 0) is 38.3 Å². The van der Waals surface area contributed by atoms with Crippen LogP contribution in [0.5, 0.6) is 0 Å². The monoisotopic (exact) mass is 704 g/mol. The van der Waals surface area contributed by atoms with Crippen LogP contribution in [0.3, 0.4) is 0 Å². The minimum absolute atomic E-state index is 0.210. The molecule has 274 valence electrons. The Bertz CT molecular complexity index is 1260. The smallest absolute Gasteiger partial charge is 0.347 e. The van der Waals surface area contributed by atoms with Gasteiger partial charge in [-0.25, -0.2) is 9.69 Å². The second-order valence-corrected chi connectivity index (χ2v) is 14.4. The zero-order valence-corrected chi connectivity index (χ0v) is 31.1. The first-order valence-electron chi connectivity index (χ1n) is 18.1. The Morgan fingerprint density at radius 3 is 1.84 bits per heavy atom. The summed E-state index contributed by atoms with van der Waals surface area (Å²) in [6.07, 6.45) is 11.2. The third-order valence-electron chi connectivity index (χ3n) is 9.10. The maximum Gasteiger partial charge on any atom is 0.347 e. The Morgan fingerprint density at radius 2 is 1.33 bits per heavy atom. The van der Waals surface area contributed by atoms with E-state index in [2.05, 4.69) is 12.2 Å². The van der Waals surface area contributed by atoms with Crippen LogP contribution >= 0.6 is 11.6 Å². The van der Waals surface area contributed by atoms with E-state index in [1.165, 1.54) is 59.3 Å². The molecule has 49 heavy (non-hydrogen) atoms. The SMILES string of the molecule is CCCCCCCCCCCCOC(=O)C(C)OC(=O)CC(C)(C)C(=O)C(Cl)(C(=O)Nc1ccccc1)N1C(=O)C(CCC)(CCC)C1=O. The number of carbonyl (C=O) groups excluding carboxylic acids is 6. The number of rotatable bonds is 24. The number of para-hydroxylation sites is 1. The van der Waals surface area contributed by atoms with Gasteiger partial charge in [0, 0.05) is 11.1 Å². The van der Waals surface area contributed by atoms with E-state index in [4.69, 9.17) is 21.1 Å². The largest absolute Gasteiger partial charge is 0.463 e. The van der Waals surface area contributed by atoms with Crippen LogP contribution in [-0.4, -0.2) is 58.1 Å². The summed E-state index contributed by atoms with van der Waals surface area (Å²) in [5, 5.41) is 2.55. The van der Waals surface area contributed by atoms with Crippen molar-refractivity contribution >= 4 is 52.7 Å². The van der Waals surface area contributed by atoms with Gasteiger partial charge in [0.1, 0.15) is 5.41 Å². The Balaban J connectivity index is 2.05. The number of nitrogens with zero attached hydrogens (tertiary/aromatic N) is 1. The summed E-state index contributed by atoms with van der Waals surface area (Å²) >= 11 is 6.87. The van der Waals surface area contributed by atoms with Crippen LogP contribution in [-0.2, 0) is 38.2 Å². The maximum absolute atomic E-state index is 14.2. The molecule has 1 aromatic carbocycles. The Labute approximate surface area is 297 Å². The third-order valence-corrected chi connectivity index (χ3v) is 9.62. The van der Waals surface area contributed by atoms with Crippen molar-refractivity contribution in [2.24, 2.45) is 10.8 Å². The third kappa shape index (κ3) is 10.9. The molecule has 0 bridgehead atoms. The van der Waals surface area contributed by atoms with Crippen LogP contribution in [0.15, 0.2) is 30.3 Å². The molecule has 1 aromatic rings. The van der Waals surface area contributed by atoms with Gasteiger partial charge in [0.15, 0.2) is 11.9 Å². The fourth-order valence-electron chi connectivity index (χ4n) is 6.34. The van der Waals surface area contributed by atoms with Gasteiger partial charge in [0.25, 0.3) is 10.9 Å². The lowest BCUT2D eigenvalue weighted by atomic mass is 9.68. The van der Waals surface area contributed by atoms with E-state index in [1.807, 2.05) is 13.8 Å². The Hall–Kier alpha value is -3.27. The molecule has 3 amide bonds. The second kappa shape index (κ2) is 19.8. The number of imide groups is 1. The van der Waals surface area contributed by atoms with E-state index in [9.17, 15) is 28.8 Å². The normalized spacial score (nSPS) is 15.9. The fourth-order valence-corrected chi connectivity index (χ4v) is 6.80. The molecular formula is C38H57ClN2O8. The van der Waals surface area contributed by atoms with Gasteiger partial charge in [0.2, 0.25) is 11.8 Å². The van der Waals surface area contributed by atoms with E-state index in [0.29, 0.717) is 29.8 Å². The van der Waals surface area contributed by atoms with Gasteiger partial charge < -0.3 is 14.8 Å². The van der Waals surface area contributed by atoms with Crippen LogP contribution in [0.4, 0.5) is 5.69 Å². The number of alkyl halides is 1. The van der Waals surface area contributed by atoms with Crippen molar-refractivity contribution < 1.29 is 38.2 Å². The van der Waals surface area contributed by atoms with Crippen molar-refractivity contribution in [1.29, 1.82) is 0 Å². The minimum Gasteiger partial charge on any atom is -0.463 e. The molecule has 0 spiro atoms. The summed E-state index contributed by atoms with van der Waals surface area (Å²) in [5.74, 6) is -5.15. The number of Topliss-reactive ketones (excluding diaryl/α,β-unsaturated/α-hetero) is 1. The van der Waals surface area contributed by atoms with E-state index >= 15 is 0 Å². The molecule has 1 aliphatic heterocycles. The van der Waals surface area contributed by atoms with E-state index in [1.54, 1.807) is 30.3 Å². The molecule has 0 aromatic heterocycles. The number of halogens is 1. The summed E-state index contributed by atoms with van der Waals surface area (Å²) in [6.45, 7) is 10.2. The molecule has 1 heterocycles. The number of anilines is 1. The van der Waals surface area contributed by atoms with Gasteiger partial charge in [-0.3, -0.25) is 24.0 Å². The molecule has 1 saturated heterocycles. The number of unbranched alkanes of at least 4 members (excludes halogenated alkanes) is 9. The molecule has 0 aliphatic carbocycles. The average molecular weight is 705 g/mol. The highest BCUT2D eigenvalue weighted by Crippen LogP contribution is 2.49. The predicted molar refractivity (Wildman–Crippen MR) is 190 cm³/mol. The number of amides is 3. The first-order chi connectivity index (χ1) is 23.2. The number of hydrogen-bond acceptors (Lipinski definition) is 8. The minimum atomic E-state index is -2.78. The van der Waals surface area contributed by atoms with Crippen LogP contribution < -0.4 is 5.32 Å². The van der Waals surface area contributed by atoms with E-state index < -0.39 is 63.8 Å². The van der Waals surface area contributed by atoms with Gasteiger partial charge in [-0.2, -0.15) is 0 Å². The molecule has 1 aliphatic rings. The first-order valence-corrected chi connectivity index (χ1v) is 18.5. The zero-order chi connectivity index (χ0) is 36.7. The number of carbonyl (C=O) groups is 6. The van der Waals surface area contributed by atoms with Crippen molar-refractivity contribution in [3.05, 3.63) is 30.3 Å². The van der Waals surface area contributed by atoms with Gasteiger partial charge in [-0.1, -0.05) is 135 Å². The highest BCUT2D eigenvalue weighted by atomic mass is 35.5. The average Bonchev–Trinajstić information content (AvgIpc) is 3.06. The lowest BCUT2D eigenvalue weighted by molar-refractivity contribution is -0.187. The van der Waals surface area contributed by atoms with Crippen molar-refractivity contribution in [1.82, 2.24) is 4.90 Å². The molecule has 2 unspecified atom stereocenters. The first kappa shape index (κ1) is 41.9. The van der Waals surface area contributed by atoms with Gasteiger partial charge >= 0.3 is 11.9 Å². The van der Waals surface area contributed by atoms with E-state index in [-0.39, 0.29) is 19.4 Å². The van der Waals surface area contributed by atoms with Crippen LogP contribution in [0.2, 0.25) is 0 Å². The van der Waals surface area contributed by atoms with Crippen LogP contribution in [0, 0.1) is 10.8 Å². The molecule has 11 heteroatoms. The van der Waals surface area contributed by atoms with Crippen molar-refractivity contribution in [2.75, 3.05) is 11.9 Å². The Morgan fingerprint density at radius 1 is 0.816 bits per heavy atom. The lowest BCUT2D eigenvalue weighted by Gasteiger charge is -2.52. The topological polar surface area (TPSA) is 136 Å². The van der Waals surface area contributed by atoms with Crippen molar-refractivity contribution in [2.45, 2.75) is 149 Å². The highest BCUT2D eigenvalue weighted by molar-refractivity contribution is 6.51. The number of benzene rings is 1. The molecule has 0 radical (unpaired) electrons. The number of nitrogens with one attached hydrogen (secondary N) is 1. The molecule has 10 nitrogen and oxygen atoms in total. The van der Waals surface area contributed by atoms with Gasteiger partial charge in [-0.15, -0.1) is 0 Å². The number of esters is 2. The Kier molecular flexibility index (Phi) is 16.9. The summed E-state index contributed by atoms with van der Waals surface area (Å²) < 4.78 is 10.6. The number of ketones is 1.